The first-order valence-electron chi connectivity index (χ1n) is 13.7. The quantitative estimate of drug-likeness (QED) is 0.394. The second-order valence-corrected chi connectivity index (χ2v) is 12.2. The topological polar surface area (TPSA) is 95.5 Å². The zero-order valence-corrected chi connectivity index (χ0v) is 24.4. The lowest BCUT2D eigenvalue weighted by atomic mass is 9.78. The molecule has 39 heavy (non-hydrogen) atoms. The number of aliphatic imine (C=N–C) groups is 1. The van der Waals surface area contributed by atoms with Gasteiger partial charge in [-0.3, -0.25) is 4.79 Å². The predicted molar refractivity (Wildman–Crippen MR) is 157 cm³/mol. The molecule has 3 aliphatic rings. The SMILES string of the molecule is CC1C=C(OCCC2(C)C=CC(=Nc3nc(NC4CCN(C)CC4)nc4c(Br)c[nH]c(=O)c34)CC2)C=C(F)C1. The van der Waals surface area contributed by atoms with E-state index in [1.54, 1.807) is 6.20 Å². The molecule has 208 valence electrons. The van der Waals surface area contributed by atoms with Gasteiger partial charge in [0, 0.05) is 30.4 Å². The van der Waals surface area contributed by atoms with Crippen molar-refractivity contribution in [3.05, 3.63) is 56.9 Å². The zero-order chi connectivity index (χ0) is 27.6. The van der Waals surface area contributed by atoms with E-state index >= 15 is 0 Å². The van der Waals surface area contributed by atoms with E-state index in [9.17, 15) is 9.18 Å². The molecule has 0 spiro atoms. The molecule has 2 aromatic heterocycles. The fourth-order valence-corrected chi connectivity index (χ4v) is 5.70. The third-order valence-electron chi connectivity index (χ3n) is 7.81. The van der Waals surface area contributed by atoms with E-state index in [4.69, 9.17) is 14.7 Å². The van der Waals surface area contributed by atoms with Crippen molar-refractivity contribution in [2.45, 2.75) is 58.4 Å². The molecule has 0 saturated carbocycles. The van der Waals surface area contributed by atoms with Crippen molar-refractivity contribution in [2.75, 3.05) is 32.1 Å². The van der Waals surface area contributed by atoms with Crippen molar-refractivity contribution in [3.8, 4) is 0 Å². The molecule has 2 atom stereocenters. The number of halogens is 2. The number of rotatable bonds is 7. The number of fused-ring (bicyclic) bond motifs is 1. The van der Waals surface area contributed by atoms with Gasteiger partial charge in [0.2, 0.25) is 5.95 Å². The maximum atomic E-state index is 13.7. The number of hydrogen-bond donors (Lipinski definition) is 2. The molecule has 1 fully saturated rings. The molecular formula is C29H36BrFN6O2. The Hall–Kier alpha value is -2.85. The molecule has 1 saturated heterocycles. The molecule has 1 aliphatic heterocycles. The third-order valence-corrected chi connectivity index (χ3v) is 8.42. The second-order valence-electron chi connectivity index (χ2n) is 11.3. The van der Waals surface area contributed by atoms with E-state index in [0.29, 0.717) is 45.9 Å². The minimum atomic E-state index is -0.267. The van der Waals surface area contributed by atoms with Crippen LogP contribution in [0.25, 0.3) is 10.9 Å². The average molecular weight is 600 g/mol. The fourth-order valence-electron chi connectivity index (χ4n) is 5.30. The molecule has 2 aromatic rings. The molecule has 2 aliphatic carbocycles. The Morgan fingerprint density at radius 3 is 2.85 bits per heavy atom. The lowest BCUT2D eigenvalue weighted by Gasteiger charge is -2.30. The van der Waals surface area contributed by atoms with Gasteiger partial charge in [-0.05, 0) is 91.7 Å². The Morgan fingerprint density at radius 2 is 2.13 bits per heavy atom. The number of likely N-dealkylation sites (tertiary alicyclic amines) is 1. The highest BCUT2D eigenvalue weighted by Gasteiger charge is 2.26. The largest absolute Gasteiger partial charge is 0.494 e. The van der Waals surface area contributed by atoms with E-state index in [1.807, 2.05) is 19.1 Å². The maximum Gasteiger partial charge on any atom is 0.261 e. The highest BCUT2D eigenvalue weighted by atomic mass is 79.9. The number of aromatic nitrogens is 3. The molecule has 0 bridgehead atoms. The van der Waals surface area contributed by atoms with Crippen molar-refractivity contribution < 1.29 is 9.13 Å². The van der Waals surface area contributed by atoms with Crippen LogP contribution in [0.1, 0.15) is 52.4 Å². The number of H-pyrrole nitrogens is 1. The molecule has 10 heteroatoms. The average Bonchev–Trinajstić information content (AvgIpc) is 2.88. The summed E-state index contributed by atoms with van der Waals surface area (Å²) in [6.07, 6.45) is 14.2. The van der Waals surface area contributed by atoms with Crippen molar-refractivity contribution in [1.29, 1.82) is 0 Å². The summed E-state index contributed by atoms with van der Waals surface area (Å²) in [7, 11) is 2.13. The molecule has 2 unspecified atom stereocenters. The van der Waals surface area contributed by atoms with Crippen LogP contribution in [-0.4, -0.2) is 58.3 Å². The van der Waals surface area contributed by atoms with Crippen molar-refractivity contribution >= 4 is 44.3 Å². The number of nitrogens with zero attached hydrogens (tertiary/aromatic N) is 4. The lowest BCUT2D eigenvalue weighted by molar-refractivity contribution is 0.175. The summed E-state index contributed by atoms with van der Waals surface area (Å²) in [5.74, 6) is 1.50. The summed E-state index contributed by atoms with van der Waals surface area (Å²) in [6, 6.07) is 0.275. The van der Waals surface area contributed by atoms with Gasteiger partial charge in [0.1, 0.15) is 17.0 Å². The van der Waals surface area contributed by atoms with Gasteiger partial charge >= 0.3 is 0 Å². The van der Waals surface area contributed by atoms with Crippen LogP contribution in [0.15, 0.2) is 56.3 Å². The highest BCUT2D eigenvalue weighted by molar-refractivity contribution is 9.10. The zero-order valence-electron chi connectivity index (χ0n) is 22.8. The van der Waals surface area contributed by atoms with Crippen LogP contribution in [0, 0.1) is 11.3 Å². The standard InChI is InChI=1S/C29H36BrFN6O2/c1-18-14-19(31)16-22(15-18)39-13-10-29(2)8-4-20(5-9-29)33-26-24-25(23(30)17-32-27(24)38)35-28(36-26)34-21-6-11-37(3)12-7-21/h4,8,15-18,21H,5-7,9-14H2,1-3H3,(H,32,38)(H,34,35,36). The van der Waals surface area contributed by atoms with Crippen LogP contribution in [0.5, 0.6) is 0 Å². The summed E-state index contributed by atoms with van der Waals surface area (Å²) < 4.78 is 20.3. The predicted octanol–water partition coefficient (Wildman–Crippen LogP) is 6.20. The molecule has 0 amide bonds. The first-order chi connectivity index (χ1) is 18.7. The first kappa shape index (κ1) is 27.7. The number of piperidine rings is 1. The van der Waals surface area contributed by atoms with Gasteiger partial charge in [-0.25, -0.2) is 14.4 Å². The van der Waals surface area contributed by atoms with Crippen molar-refractivity contribution in [1.82, 2.24) is 19.9 Å². The summed E-state index contributed by atoms with van der Waals surface area (Å²) in [6.45, 7) is 6.74. The highest BCUT2D eigenvalue weighted by Crippen LogP contribution is 2.35. The molecule has 8 nitrogen and oxygen atoms in total. The number of allylic oxidation sites excluding steroid dienone is 5. The molecule has 3 heterocycles. The van der Waals surface area contributed by atoms with Crippen molar-refractivity contribution in [3.63, 3.8) is 0 Å². The van der Waals surface area contributed by atoms with Crippen molar-refractivity contribution in [2.24, 2.45) is 16.3 Å². The Morgan fingerprint density at radius 1 is 1.33 bits per heavy atom. The van der Waals surface area contributed by atoms with Gasteiger partial charge in [-0.1, -0.05) is 19.9 Å². The number of hydrogen-bond acceptors (Lipinski definition) is 7. The number of pyridine rings is 1. The Labute approximate surface area is 236 Å². The molecule has 5 rings (SSSR count). The van der Waals surface area contributed by atoms with Crippen LogP contribution in [0.4, 0.5) is 16.2 Å². The second kappa shape index (κ2) is 11.7. The van der Waals surface area contributed by atoms with Crippen LogP contribution in [0.3, 0.4) is 0 Å². The van der Waals surface area contributed by atoms with E-state index in [2.05, 4.69) is 56.2 Å². The fraction of sp³-hybridized carbons (Fsp3) is 0.517. The number of nitrogens with one attached hydrogen (secondary N) is 2. The Kier molecular flexibility index (Phi) is 8.32. The van der Waals surface area contributed by atoms with Crippen LogP contribution in [0.2, 0.25) is 0 Å². The molecule has 0 radical (unpaired) electrons. The van der Waals surface area contributed by atoms with E-state index in [0.717, 1.165) is 50.9 Å². The molecule has 2 N–H and O–H groups in total. The van der Waals surface area contributed by atoms with Gasteiger partial charge in [0.05, 0.1) is 16.6 Å². The number of aromatic amines is 1. The molecular weight excluding hydrogens is 563 g/mol. The van der Waals surface area contributed by atoms with E-state index < -0.39 is 0 Å². The Balaban J connectivity index is 1.33. The minimum Gasteiger partial charge on any atom is -0.494 e. The first-order valence-corrected chi connectivity index (χ1v) is 14.5. The summed E-state index contributed by atoms with van der Waals surface area (Å²) in [5, 5.41) is 3.84. The Bertz CT molecular complexity index is 1410. The number of ether oxygens (including phenoxy) is 1. The molecule has 0 aromatic carbocycles. The minimum absolute atomic E-state index is 0.0583. The third kappa shape index (κ3) is 6.84. The van der Waals surface area contributed by atoms with Crippen LogP contribution in [-0.2, 0) is 4.74 Å². The van der Waals surface area contributed by atoms with Crippen LogP contribution < -0.4 is 10.9 Å². The van der Waals surface area contributed by atoms with Crippen LogP contribution >= 0.6 is 15.9 Å². The monoisotopic (exact) mass is 598 g/mol. The summed E-state index contributed by atoms with van der Waals surface area (Å²) in [4.78, 5) is 32.1. The van der Waals surface area contributed by atoms with E-state index in [1.165, 1.54) is 6.08 Å². The normalized spacial score (nSPS) is 25.6. The van der Waals surface area contributed by atoms with Gasteiger partial charge in [-0.2, -0.15) is 4.98 Å². The summed E-state index contributed by atoms with van der Waals surface area (Å²) in [5.41, 5.74) is 1.09. The van der Waals surface area contributed by atoms with Gasteiger partial charge in [0.25, 0.3) is 5.56 Å². The maximum absolute atomic E-state index is 13.7. The number of anilines is 1. The van der Waals surface area contributed by atoms with E-state index in [-0.39, 0.29) is 28.8 Å². The van der Waals surface area contributed by atoms with Gasteiger partial charge in [-0.15, -0.1) is 0 Å². The summed E-state index contributed by atoms with van der Waals surface area (Å²) >= 11 is 3.53. The van der Waals surface area contributed by atoms with Gasteiger partial charge < -0.3 is 19.9 Å². The lowest BCUT2D eigenvalue weighted by Crippen LogP contribution is -2.37. The smallest absolute Gasteiger partial charge is 0.261 e. The van der Waals surface area contributed by atoms with Gasteiger partial charge in [0.15, 0.2) is 5.82 Å².